The van der Waals surface area contributed by atoms with Gasteiger partial charge in [-0.3, -0.25) is 9.59 Å². The lowest BCUT2D eigenvalue weighted by molar-refractivity contribution is -0.139. The van der Waals surface area contributed by atoms with E-state index in [1.54, 1.807) is 18.6 Å². The summed E-state index contributed by atoms with van der Waals surface area (Å²) < 4.78 is 21.0. The fourth-order valence-corrected chi connectivity index (χ4v) is 4.55. The van der Waals surface area contributed by atoms with Gasteiger partial charge < -0.3 is 19.3 Å². The molecule has 1 amide bonds. The van der Waals surface area contributed by atoms with E-state index in [1.165, 1.54) is 35.5 Å². The van der Waals surface area contributed by atoms with Crippen molar-refractivity contribution in [2.45, 2.75) is 19.0 Å². The third-order valence-electron chi connectivity index (χ3n) is 5.14. The van der Waals surface area contributed by atoms with Crippen LogP contribution in [0.2, 0.25) is 0 Å². The number of hydrogen-bond donors (Lipinski definition) is 1. The second-order valence-electron chi connectivity index (χ2n) is 7.01. The van der Waals surface area contributed by atoms with Crippen LogP contribution in [0.5, 0.6) is 5.75 Å². The van der Waals surface area contributed by atoms with Gasteiger partial charge in [0.05, 0.1) is 30.6 Å². The molecule has 1 atom stereocenters. The Bertz CT molecular complexity index is 1130. The Morgan fingerprint density at radius 2 is 2.13 bits per heavy atom. The lowest BCUT2D eigenvalue weighted by Crippen LogP contribution is -2.31. The molecule has 160 valence electrons. The number of rotatable bonds is 7. The van der Waals surface area contributed by atoms with E-state index in [1.807, 2.05) is 22.2 Å². The van der Waals surface area contributed by atoms with Crippen molar-refractivity contribution < 1.29 is 23.8 Å². The summed E-state index contributed by atoms with van der Waals surface area (Å²) in [5.41, 5.74) is -0.0422. The fraction of sp³-hybridized carbons (Fsp3) is 0.227. The Kier molecular flexibility index (Phi) is 5.85. The van der Waals surface area contributed by atoms with Crippen LogP contribution in [-0.2, 0) is 16.1 Å². The second kappa shape index (κ2) is 8.73. The monoisotopic (exact) mass is 441 g/mol. The summed E-state index contributed by atoms with van der Waals surface area (Å²) in [6, 6.07) is 6.52. The molecule has 0 spiro atoms. The molecular formula is C22H20FN3O4S. The Hall–Kier alpha value is -3.46. The molecule has 2 aromatic heterocycles. The summed E-state index contributed by atoms with van der Waals surface area (Å²) in [6.07, 6.45) is 5.76. The number of hydrogen-bond acceptors (Lipinski definition) is 6. The Balaban J connectivity index is 1.74. The first-order valence-electron chi connectivity index (χ1n) is 9.62. The number of aromatic nitrogens is 2. The van der Waals surface area contributed by atoms with E-state index in [2.05, 4.69) is 4.98 Å². The minimum atomic E-state index is -0.801. The van der Waals surface area contributed by atoms with Crippen LogP contribution in [0.25, 0.3) is 5.76 Å². The summed E-state index contributed by atoms with van der Waals surface area (Å²) >= 11 is 1.38. The van der Waals surface area contributed by atoms with Crippen LogP contribution in [0.1, 0.15) is 22.9 Å². The van der Waals surface area contributed by atoms with E-state index in [-0.39, 0.29) is 16.9 Å². The first-order valence-corrected chi connectivity index (χ1v) is 10.5. The standard InChI is InChI=1S/C22H20FN3O4S/c1-30-16-6-5-14(23)12-15(16)20(27)18-19(17-4-2-11-31-17)26(22(29)21(18)28)9-3-8-25-10-7-24-13-25/h2,4-7,10-13,19,27H,3,8-9H2,1H3/t19-/m0/s1. The number of halogens is 1. The largest absolute Gasteiger partial charge is 0.507 e. The first-order chi connectivity index (χ1) is 15.0. The minimum absolute atomic E-state index is 0.0282. The number of ether oxygens (including phenoxy) is 1. The maximum absolute atomic E-state index is 13.9. The van der Waals surface area contributed by atoms with Crippen molar-refractivity contribution in [3.05, 3.63) is 76.3 Å². The van der Waals surface area contributed by atoms with Crippen molar-refractivity contribution in [2.24, 2.45) is 0 Å². The van der Waals surface area contributed by atoms with Gasteiger partial charge in [-0.15, -0.1) is 11.3 Å². The molecule has 1 aliphatic rings. The van der Waals surface area contributed by atoms with E-state index in [0.717, 1.165) is 10.9 Å². The maximum atomic E-state index is 13.9. The lowest BCUT2D eigenvalue weighted by Gasteiger charge is -2.24. The fourth-order valence-electron chi connectivity index (χ4n) is 3.71. The molecule has 1 N–H and O–H groups in total. The zero-order valence-corrected chi connectivity index (χ0v) is 17.5. The van der Waals surface area contributed by atoms with Crippen molar-refractivity contribution in [3.8, 4) is 5.75 Å². The number of methoxy groups -OCH3 is 1. The maximum Gasteiger partial charge on any atom is 0.295 e. The molecule has 3 aromatic rings. The molecule has 1 aromatic carbocycles. The molecule has 0 saturated carbocycles. The van der Waals surface area contributed by atoms with Gasteiger partial charge in [0.1, 0.15) is 17.3 Å². The second-order valence-corrected chi connectivity index (χ2v) is 7.99. The van der Waals surface area contributed by atoms with Crippen LogP contribution in [-0.4, -0.2) is 44.9 Å². The molecule has 0 aliphatic carbocycles. The normalized spacial score (nSPS) is 18.0. The summed E-state index contributed by atoms with van der Waals surface area (Å²) in [5, 5.41) is 12.9. The van der Waals surface area contributed by atoms with Gasteiger partial charge in [-0.05, 0) is 36.1 Å². The van der Waals surface area contributed by atoms with Crippen molar-refractivity contribution in [2.75, 3.05) is 13.7 Å². The van der Waals surface area contributed by atoms with Gasteiger partial charge in [0.25, 0.3) is 11.7 Å². The van der Waals surface area contributed by atoms with Gasteiger partial charge in [0.15, 0.2) is 0 Å². The van der Waals surface area contributed by atoms with E-state index < -0.39 is 29.3 Å². The summed E-state index contributed by atoms with van der Waals surface area (Å²) in [5.74, 6) is -2.34. The molecule has 4 rings (SSSR count). The van der Waals surface area contributed by atoms with Crippen molar-refractivity contribution in [3.63, 3.8) is 0 Å². The number of benzene rings is 1. The summed E-state index contributed by atoms with van der Waals surface area (Å²) in [7, 11) is 1.38. The zero-order chi connectivity index (χ0) is 22.0. The van der Waals surface area contributed by atoms with Crippen LogP contribution in [0, 0.1) is 5.82 Å². The number of carbonyl (C=O) groups excluding carboxylic acids is 2. The number of aryl methyl sites for hydroxylation is 1. The van der Waals surface area contributed by atoms with Crippen LogP contribution >= 0.6 is 11.3 Å². The van der Waals surface area contributed by atoms with Gasteiger partial charge >= 0.3 is 0 Å². The Morgan fingerprint density at radius 3 is 2.81 bits per heavy atom. The first kappa shape index (κ1) is 20.8. The molecule has 31 heavy (non-hydrogen) atoms. The van der Waals surface area contributed by atoms with E-state index in [4.69, 9.17) is 4.74 Å². The Morgan fingerprint density at radius 1 is 1.29 bits per heavy atom. The third-order valence-corrected chi connectivity index (χ3v) is 6.07. The molecular weight excluding hydrogens is 421 g/mol. The lowest BCUT2D eigenvalue weighted by atomic mass is 9.99. The van der Waals surface area contributed by atoms with Gasteiger partial charge in [0.2, 0.25) is 0 Å². The molecule has 7 nitrogen and oxygen atoms in total. The van der Waals surface area contributed by atoms with E-state index in [0.29, 0.717) is 19.5 Å². The average Bonchev–Trinajstić information content (AvgIpc) is 3.52. The number of aliphatic hydroxyl groups excluding tert-OH is 1. The number of ketones is 1. The van der Waals surface area contributed by atoms with Gasteiger partial charge in [0, 0.05) is 30.4 Å². The molecule has 0 radical (unpaired) electrons. The molecule has 0 unspecified atom stereocenters. The summed E-state index contributed by atoms with van der Waals surface area (Å²) in [6.45, 7) is 0.931. The zero-order valence-electron chi connectivity index (χ0n) is 16.7. The highest BCUT2D eigenvalue weighted by molar-refractivity contribution is 7.10. The molecule has 3 heterocycles. The number of thiophene rings is 1. The number of imidazole rings is 1. The smallest absolute Gasteiger partial charge is 0.295 e. The number of carbonyl (C=O) groups is 2. The third kappa shape index (κ3) is 3.96. The molecule has 1 aliphatic heterocycles. The van der Waals surface area contributed by atoms with E-state index >= 15 is 0 Å². The van der Waals surface area contributed by atoms with Gasteiger partial charge in [-0.1, -0.05) is 6.07 Å². The molecule has 1 fully saturated rings. The highest BCUT2D eigenvalue weighted by atomic mass is 32.1. The number of aliphatic hydroxyl groups is 1. The SMILES string of the molecule is COc1ccc(F)cc1C(O)=C1C(=O)C(=O)N(CCCn2ccnc2)[C@H]1c1cccs1. The van der Waals surface area contributed by atoms with E-state index in [9.17, 15) is 19.1 Å². The minimum Gasteiger partial charge on any atom is -0.507 e. The average molecular weight is 441 g/mol. The van der Waals surface area contributed by atoms with Crippen LogP contribution < -0.4 is 4.74 Å². The summed E-state index contributed by atoms with van der Waals surface area (Å²) in [4.78, 5) is 32.0. The predicted molar refractivity (Wildman–Crippen MR) is 113 cm³/mol. The van der Waals surface area contributed by atoms with Crippen molar-refractivity contribution >= 4 is 28.8 Å². The molecule has 9 heteroatoms. The van der Waals surface area contributed by atoms with Crippen LogP contribution in [0.4, 0.5) is 4.39 Å². The number of amides is 1. The Labute approximate surface area is 182 Å². The molecule has 1 saturated heterocycles. The van der Waals surface area contributed by atoms with Gasteiger partial charge in [-0.2, -0.15) is 0 Å². The highest BCUT2D eigenvalue weighted by Gasteiger charge is 2.46. The van der Waals surface area contributed by atoms with Crippen molar-refractivity contribution in [1.82, 2.24) is 14.5 Å². The van der Waals surface area contributed by atoms with Gasteiger partial charge in [-0.25, -0.2) is 9.37 Å². The number of likely N-dealkylation sites (tertiary alicyclic amines) is 1. The van der Waals surface area contributed by atoms with Crippen molar-refractivity contribution in [1.29, 1.82) is 0 Å². The predicted octanol–water partition coefficient (Wildman–Crippen LogP) is 3.60. The highest BCUT2D eigenvalue weighted by Crippen LogP contribution is 2.42. The number of nitrogens with zero attached hydrogens (tertiary/aromatic N) is 3. The van der Waals surface area contributed by atoms with Crippen LogP contribution in [0.3, 0.4) is 0 Å². The van der Waals surface area contributed by atoms with Crippen LogP contribution in [0.15, 0.2) is 60.0 Å². The molecule has 0 bridgehead atoms. The topological polar surface area (TPSA) is 84.7 Å². The quantitative estimate of drug-likeness (QED) is 0.344. The number of Topliss-reactive ketones (excluding diaryl/α,β-unsaturated/α-hetero) is 1.